The van der Waals surface area contributed by atoms with Gasteiger partial charge in [0.05, 0.1) is 23.6 Å². The van der Waals surface area contributed by atoms with E-state index in [1.807, 2.05) is 60.7 Å². The van der Waals surface area contributed by atoms with Crippen LogP contribution in [0.5, 0.6) is 0 Å². The molecule has 1 amide bonds. The van der Waals surface area contributed by atoms with E-state index in [1.165, 1.54) is 0 Å². The Bertz CT molecular complexity index is 1360. The number of benzene rings is 3. The highest BCUT2D eigenvalue weighted by Gasteiger charge is 2.31. The van der Waals surface area contributed by atoms with Crippen molar-refractivity contribution in [1.29, 1.82) is 0 Å². The fraction of sp³-hybridized carbons (Fsp3) is 0.406. The van der Waals surface area contributed by atoms with Crippen molar-refractivity contribution in [3.63, 3.8) is 0 Å². The monoisotopic (exact) mass is 755 g/mol. The van der Waals surface area contributed by atoms with Crippen molar-refractivity contribution < 1.29 is 19.0 Å². The van der Waals surface area contributed by atoms with Crippen molar-refractivity contribution in [1.82, 2.24) is 10.6 Å². The number of nitrogens with zero attached hydrogens (tertiary/aromatic N) is 1. The minimum absolute atomic E-state index is 0. The summed E-state index contributed by atoms with van der Waals surface area (Å²) in [5.41, 5.74) is 4.32. The number of nitrogens with one attached hydrogen (secondary N) is 2. The van der Waals surface area contributed by atoms with E-state index in [-0.39, 0.29) is 18.3 Å². The molecule has 0 aromatic heterocycles. The molecule has 3 aromatic carbocycles. The second-order valence-electron chi connectivity index (χ2n) is 11.3. The van der Waals surface area contributed by atoms with Crippen molar-refractivity contribution in [3.8, 4) is 0 Å². The van der Waals surface area contributed by atoms with Crippen LogP contribution in [0.2, 0.25) is 0 Å². The van der Waals surface area contributed by atoms with Gasteiger partial charge in [-0.05, 0) is 84.7 Å². The minimum Gasteiger partial charge on any atom is -0.390 e. The average Bonchev–Trinajstić information content (AvgIpc) is 3.62. The van der Waals surface area contributed by atoms with Crippen LogP contribution in [0.3, 0.4) is 0 Å². The molecule has 2 atom stereocenters. The van der Waals surface area contributed by atoms with Crippen LogP contribution < -0.4 is 14.9 Å². The topological polar surface area (TPSA) is 105 Å². The van der Waals surface area contributed by atoms with Crippen molar-refractivity contribution in [2.45, 2.75) is 63.1 Å². The summed E-state index contributed by atoms with van der Waals surface area (Å²) in [5.74, 6) is 0.425. The molecule has 5 rings (SSSR count). The molecule has 1 saturated carbocycles. The molecule has 7 nitrogen and oxygen atoms in total. The highest BCUT2D eigenvalue weighted by Crippen LogP contribution is 2.51. The molecule has 234 valence electrons. The van der Waals surface area contributed by atoms with Gasteiger partial charge in [-0.2, -0.15) is 0 Å². The summed E-state index contributed by atoms with van der Waals surface area (Å²) in [6.07, 6.45) is 4.78. The molecule has 2 aliphatic rings. The molecule has 0 unspecified atom stereocenters. The number of halogens is 3. The van der Waals surface area contributed by atoms with Gasteiger partial charge in [-0.1, -0.05) is 75.0 Å². The number of carbonyl (C=O) groups is 1. The highest BCUT2D eigenvalue weighted by molar-refractivity contribution is 9.11. The molecular formula is C32H40Br2ClN3O4S. The van der Waals surface area contributed by atoms with Crippen molar-refractivity contribution in [3.05, 3.63) is 97.9 Å². The number of anilines is 1. The Kier molecular flexibility index (Phi) is 12.4. The molecule has 5 N–H and O–H groups in total. The van der Waals surface area contributed by atoms with E-state index < -0.39 is 22.9 Å². The third kappa shape index (κ3) is 9.20. The van der Waals surface area contributed by atoms with Crippen LogP contribution in [0.1, 0.15) is 65.1 Å². The molecule has 0 radical (unpaired) electrons. The quantitative estimate of drug-likeness (QED) is 0.138. The number of amides is 1. The summed E-state index contributed by atoms with van der Waals surface area (Å²) in [6, 6.07) is 21.1. The predicted molar refractivity (Wildman–Crippen MR) is 186 cm³/mol. The van der Waals surface area contributed by atoms with Crippen LogP contribution in [0, 0.1) is 0 Å². The Balaban J connectivity index is 0.00000423. The number of hydrogen-bond donors (Lipinski definition) is 5. The minimum atomic E-state index is -2.89. The standard InChI is InChI=1S/C32H39Br2N3O4S.ClH/c33-27-13-23(14-28(34)19-27)20-35-21-31(38)30(15-22-7-2-1-3-8-22)36-32(39)26-16-25(24-9-4-5-10-24)17-29(18-26)37-11-6-12-42(37,40)41;/h1-3,7-8,13-14,16-19,24,30-31,35,38,40-41H,4-6,9-12,15,20-21H2,(H,36,39);1H/t30-,31-;/m0./s1. The van der Waals surface area contributed by atoms with Gasteiger partial charge in [0.1, 0.15) is 0 Å². The lowest BCUT2D eigenvalue weighted by Crippen LogP contribution is -2.48. The first-order valence-corrected chi connectivity index (χ1v) is 17.8. The SMILES string of the molecule is Cl.O=C(N[C@@H](Cc1ccccc1)[C@@H](O)CNCc1cc(Br)cc(Br)c1)c1cc(C2CCCC2)cc(N2CCCS2(O)O)c1. The molecule has 0 bridgehead atoms. The summed E-state index contributed by atoms with van der Waals surface area (Å²) < 4.78 is 25.0. The van der Waals surface area contributed by atoms with E-state index in [2.05, 4.69) is 42.5 Å². The highest BCUT2D eigenvalue weighted by atomic mass is 79.9. The molecule has 1 aliphatic carbocycles. The number of aliphatic hydroxyl groups is 1. The first kappa shape index (κ1) is 34.2. The van der Waals surface area contributed by atoms with E-state index in [9.17, 15) is 19.0 Å². The van der Waals surface area contributed by atoms with Gasteiger partial charge in [0.2, 0.25) is 0 Å². The fourth-order valence-electron chi connectivity index (χ4n) is 5.98. The molecule has 0 spiro atoms. The molecule has 3 aromatic rings. The number of carbonyl (C=O) groups excluding carboxylic acids is 1. The van der Waals surface area contributed by atoms with Gasteiger partial charge in [-0.25, -0.2) is 0 Å². The van der Waals surface area contributed by atoms with Crippen molar-refractivity contribution in [2.24, 2.45) is 0 Å². The summed E-state index contributed by atoms with van der Waals surface area (Å²) in [6.45, 7) is 1.41. The Hall–Kier alpha value is -1.63. The van der Waals surface area contributed by atoms with Crippen LogP contribution in [0.15, 0.2) is 75.7 Å². The van der Waals surface area contributed by atoms with E-state index in [1.54, 1.807) is 10.4 Å². The van der Waals surface area contributed by atoms with Crippen molar-refractivity contribution >= 4 is 66.6 Å². The molecule has 2 fully saturated rings. The first-order chi connectivity index (χ1) is 20.2. The van der Waals surface area contributed by atoms with E-state index in [4.69, 9.17) is 0 Å². The smallest absolute Gasteiger partial charge is 0.251 e. The number of aliphatic hydroxyl groups excluding tert-OH is 1. The number of hydrogen-bond acceptors (Lipinski definition) is 6. The lowest BCUT2D eigenvalue weighted by Gasteiger charge is -2.38. The second-order valence-corrected chi connectivity index (χ2v) is 15.3. The van der Waals surface area contributed by atoms with Gasteiger partial charge in [0.15, 0.2) is 0 Å². The Morgan fingerprint density at radius 2 is 1.65 bits per heavy atom. The predicted octanol–water partition coefficient (Wildman–Crippen LogP) is 7.66. The van der Waals surface area contributed by atoms with Crippen LogP contribution >= 0.6 is 55.0 Å². The van der Waals surface area contributed by atoms with Crippen LogP contribution in [-0.4, -0.2) is 51.1 Å². The van der Waals surface area contributed by atoms with E-state index in [0.29, 0.717) is 55.4 Å². The molecule has 1 heterocycles. The normalized spacial score (nSPS) is 18.6. The lowest BCUT2D eigenvalue weighted by atomic mass is 9.94. The van der Waals surface area contributed by atoms with Crippen molar-refractivity contribution in [2.75, 3.05) is 23.1 Å². The fourth-order valence-corrected chi connectivity index (χ4v) is 8.97. The van der Waals surface area contributed by atoms with E-state index >= 15 is 0 Å². The van der Waals surface area contributed by atoms with Gasteiger partial charge in [0, 0.05) is 34.1 Å². The van der Waals surface area contributed by atoms with Gasteiger partial charge in [-0.3, -0.25) is 18.2 Å². The number of rotatable bonds is 11. The third-order valence-electron chi connectivity index (χ3n) is 8.13. The maximum Gasteiger partial charge on any atom is 0.251 e. The Labute approximate surface area is 279 Å². The van der Waals surface area contributed by atoms with Crippen LogP contribution in [-0.2, 0) is 13.0 Å². The average molecular weight is 758 g/mol. The molecule has 11 heteroatoms. The summed E-state index contributed by atoms with van der Waals surface area (Å²) >= 11 is 7.04. The van der Waals surface area contributed by atoms with Gasteiger partial charge in [0.25, 0.3) is 5.91 Å². The van der Waals surface area contributed by atoms with Gasteiger partial charge in [-0.15, -0.1) is 23.2 Å². The van der Waals surface area contributed by atoms with Crippen LogP contribution in [0.4, 0.5) is 5.69 Å². The summed E-state index contributed by atoms with van der Waals surface area (Å²) in [5, 5.41) is 17.8. The lowest BCUT2D eigenvalue weighted by molar-refractivity contribution is 0.0830. The maximum atomic E-state index is 13.8. The molecule has 1 saturated heterocycles. The zero-order chi connectivity index (χ0) is 29.7. The third-order valence-corrected chi connectivity index (χ3v) is 11.0. The molecule has 43 heavy (non-hydrogen) atoms. The molecule has 1 aliphatic heterocycles. The Morgan fingerprint density at radius 1 is 0.953 bits per heavy atom. The van der Waals surface area contributed by atoms with Crippen LogP contribution in [0.25, 0.3) is 0 Å². The summed E-state index contributed by atoms with van der Waals surface area (Å²) in [4.78, 5) is 13.8. The first-order valence-electron chi connectivity index (χ1n) is 14.5. The summed E-state index contributed by atoms with van der Waals surface area (Å²) in [7, 11) is -2.89. The van der Waals surface area contributed by atoms with Gasteiger partial charge >= 0.3 is 0 Å². The second kappa shape index (κ2) is 15.6. The zero-order valence-corrected chi connectivity index (χ0v) is 28.7. The maximum absolute atomic E-state index is 13.8. The Morgan fingerprint density at radius 3 is 2.30 bits per heavy atom. The zero-order valence-electron chi connectivity index (χ0n) is 23.9. The van der Waals surface area contributed by atoms with Gasteiger partial charge < -0.3 is 15.7 Å². The largest absolute Gasteiger partial charge is 0.390 e. The molecular weight excluding hydrogens is 718 g/mol. The van der Waals surface area contributed by atoms with E-state index in [0.717, 1.165) is 51.3 Å².